The molecule has 422 valence electrons. The molecule has 0 atom stereocenters. The third-order valence-electron chi connectivity index (χ3n) is 17.2. The Bertz CT molecular complexity index is 4930. The Balaban J connectivity index is 0.834. The van der Waals surface area contributed by atoms with Gasteiger partial charge in [0.1, 0.15) is 22.1 Å². The summed E-state index contributed by atoms with van der Waals surface area (Å²) in [7, 11) is 0. The maximum absolute atomic E-state index is 17.8. The molecule has 0 saturated carbocycles. The lowest BCUT2D eigenvalue weighted by atomic mass is 9.86. The van der Waals surface area contributed by atoms with Gasteiger partial charge in [0.2, 0.25) is 0 Å². The fourth-order valence-electron chi connectivity index (χ4n) is 13.1. The molecule has 0 bridgehead atoms. The van der Waals surface area contributed by atoms with Gasteiger partial charge >= 0.3 is 0 Å². The number of fused-ring (bicyclic) bond motifs is 11. The minimum absolute atomic E-state index is 0.0206. The molecule has 0 spiro atoms. The second kappa shape index (κ2) is 18.8. The van der Waals surface area contributed by atoms with Crippen molar-refractivity contribution >= 4 is 148 Å². The van der Waals surface area contributed by atoms with Crippen molar-refractivity contribution in [2.75, 3.05) is 14.7 Å². The first kappa shape index (κ1) is 53.5. The molecule has 0 N–H and O–H groups in total. The molecule has 3 aliphatic heterocycles. The van der Waals surface area contributed by atoms with Crippen molar-refractivity contribution in [2.45, 2.75) is 78.9 Å². The van der Waals surface area contributed by atoms with Crippen LogP contribution < -0.4 is 14.7 Å². The SMILES string of the molecule is Cc1ccc(N2c3cc(-c4c(F)c(F)c(-c5cc6c(s5)-c5sc(-c7c(F)c(F)c(-c8cc9c(s8)-c8sccc8N(c8ccc(C)cc8)C9(C)C)c8nsnc78)cc5N(c5ccc(C)cc5)C6(C)C)c5nsnc45)sc3-c3sccc3C2(C)C)cc1. The Labute approximate surface area is 519 Å². The smallest absolute Gasteiger partial charge is 0.170 e. The van der Waals surface area contributed by atoms with Crippen molar-refractivity contribution in [1.82, 2.24) is 17.5 Å². The maximum atomic E-state index is 17.8. The van der Waals surface area contributed by atoms with Crippen molar-refractivity contribution < 1.29 is 17.6 Å². The highest BCUT2D eigenvalue weighted by atomic mass is 32.1. The Morgan fingerprint density at radius 3 is 1.07 bits per heavy atom. The van der Waals surface area contributed by atoms with Crippen molar-refractivity contribution in [3.63, 3.8) is 0 Å². The lowest BCUT2D eigenvalue weighted by Gasteiger charge is -2.44. The van der Waals surface area contributed by atoms with E-state index >= 15 is 17.6 Å². The average Bonchev–Trinajstić information content (AvgIpc) is 1.84. The second-order valence-corrected chi connectivity index (χ2v) is 30.6. The second-order valence-electron chi connectivity index (χ2n) is 23.5. The molecule has 7 nitrogen and oxygen atoms in total. The quantitative estimate of drug-likeness (QED) is 0.147. The molecule has 0 amide bonds. The fraction of sp³-hybridized carbons (Fsp3) is 0.182. The molecule has 0 fully saturated rings. The van der Waals surface area contributed by atoms with E-state index < -0.39 is 39.9 Å². The highest BCUT2D eigenvalue weighted by Crippen LogP contribution is 2.63. The van der Waals surface area contributed by atoms with E-state index in [0.29, 0.717) is 19.5 Å². The van der Waals surface area contributed by atoms with Crippen LogP contribution in [0.25, 0.3) is 93.1 Å². The van der Waals surface area contributed by atoms with Crippen molar-refractivity contribution in [3.8, 4) is 71.0 Å². The van der Waals surface area contributed by atoms with Crippen LogP contribution in [0.4, 0.5) is 51.7 Å². The number of thiophene rings is 6. The number of halogens is 4. The molecule has 0 radical (unpaired) electrons. The Kier molecular flexibility index (Phi) is 11.8. The van der Waals surface area contributed by atoms with Crippen LogP contribution in [0, 0.1) is 44.0 Å². The lowest BCUT2D eigenvalue weighted by Crippen LogP contribution is -2.40. The van der Waals surface area contributed by atoms with Gasteiger partial charge in [-0.05, 0) is 163 Å². The van der Waals surface area contributed by atoms with E-state index in [2.05, 4.69) is 154 Å². The topological polar surface area (TPSA) is 61.3 Å². The molecular weight excluding hydrogens is 1220 g/mol. The Hall–Kier alpha value is -6.94. The molecule has 19 heteroatoms. The number of aromatic nitrogens is 4. The van der Waals surface area contributed by atoms with Gasteiger partial charge in [0.15, 0.2) is 23.3 Å². The minimum atomic E-state index is -1.02. The number of aryl methyl sites for hydroxylation is 3. The van der Waals surface area contributed by atoms with E-state index in [0.717, 1.165) is 120 Å². The molecule has 11 heterocycles. The highest BCUT2D eigenvalue weighted by molar-refractivity contribution is 7.26. The Morgan fingerprint density at radius 2 is 0.659 bits per heavy atom. The summed E-state index contributed by atoms with van der Waals surface area (Å²) >= 11 is 10.7. The van der Waals surface area contributed by atoms with Crippen molar-refractivity contribution in [1.29, 1.82) is 0 Å². The van der Waals surface area contributed by atoms with E-state index in [-0.39, 0.29) is 44.3 Å². The third kappa shape index (κ3) is 7.60. The summed E-state index contributed by atoms with van der Waals surface area (Å²) in [6.07, 6.45) is 0. The van der Waals surface area contributed by atoms with Gasteiger partial charge in [0.05, 0.1) is 109 Å². The summed E-state index contributed by atoms with van der Waals surface area (Å²) in [5.74, 6) is -4.03. The van der Waals surface area contributed by atoms with Gasteiger partial charge in [0.25, 0.3) is 0 Å². The highest BCUT2D eigenvalue weighted by Gasteiger charge is 2.46. The summed E-state index contributed by atoms with van der Waals surface area (Å²) in [6.45, 7) is 19.1. The van der Waals surface area contributed by atoms with Crippen molar-refractivity contribution in [2.24, 2.45) is 0 Å². The van der Waals surface area contributed by atoms with Gasteiger partial charge in [0, 0.05) is 36.6 Å². The zero-order valence-electron chi connectivity index (χ0n) is 47.0. The normalized spacial score (nSPS) is 15.3. The fourth-order valence-corrected chi connectivity index (χ4v) is 21.7. The van der Waals surface area contributed by atoms with Crippen LogP contribution in [-0.2, 0) is 16.6 Å². The van der Waals surface area contributed by atoms with Crippen LogP contribution in [0.1, 0.15) is 74.9 Å². The molecule has 0 saturated heterocycles. The lowest BCUT2D eigenvalue weighted by molar-refractivity contribution is 0.515. The summed E-state index contributed by atoms with van der Waals surface area (Å²) < 4.78 is 89.8. The predicted octanol–water partition coefficient (Wildman–Crippen LogP) is 22.4. The first-order chi connectivity index (χ1) is 40.8. The van der Waals surface area contributed by atoms with Gasteiger partial charge in [-0.1, -0.05) is 53.1 Å². The first-order valence-electron chi connectivity index (χ1n) is 27.4. The number of hydrogen-bond donors (Lipinski definition) is 0. The van der Waals surface area contributed by atoms with E-state index in [1.807, 2.05) is 43.3 Å². The third-order valence-corrected chi connectivity index (χ3v) is 25.2. The number of anilines is 6. The molecule has 13 aromatic rings. The maximum Gasteiger partial charge on any atom is 0.170 e. The molecule has 85 heavy (non-hydrogen) atoms. The van der Waals surface area contributed by atoms with Crippen LogP contribution in [0.5, 0.6) is 0 Å². The summed E-state index contributed by atoms with van der Waals surface area (Å²) in [4.78, 5) is 14.6. The van der Waals surface area contributed by atoms with E-state index in [9.17, 15) is 0 Å². The summed E-state index contributed by atoms with van der Waals surface area (Å²) in [5, 5.41) is 4.18. The van der Waals surface area contributed by atoms with Gasteiger partial charge < -0.3 is 14.7 Å². The number of nitrogens with zero attached hydrogens (tertiary/aromatic N) is 7. The van der Waals surface area contributed by atoms with E-state index in [1.165, 1.54) is 45.3 Å². The molecule has 0 aliphatic carbocycles. The van der Waals surface area contributed by atoms with Gasteiger partial charge in [-0.3, -0.25) is 0 Å². The molecule has 3 aliphatic rings. The van der Waals surface area contributed by atoms with Crippen LogP contribution >= 0.6 is 91.5 Å². The largest absolute Gasteiger partial charge is 0.330 e. The zero-order valence-corrected chi connectivity index (χ0v) is 53.5. The first-order valence-corrected chi connectivity index (χ1v) is 33.9. The van der Waals surface area contributed by atoms with Gasteiger partial charge in [-0.2, -0.15) is 17.5 Å². The van der Waals surface area contributed by atoms with E-state index in [1.54, 1.807) is 22.7 Å². The minimum Gasteiger partial charge on any atom is -0.330 e. The predicted molar refractivity (Wildman–Crippen MR) is 353 cm³/mol. The molecule has 5 aromatic carbocycles. The molecule has 0 unspecified atom stereocenters. The Morgan fingerprint density at radius 1 is 0.341 bits per heavy atom. The molecule has 8 aromatic heterocycles. The standard InChI is InChI=1S/C66H47F4N7S8/c1-30-10-16-33(17-11-30)75-39-23-25-79-61(39)59-37(65(75,6)7)26-42(80-59)46-50(67)53(70)49(57-54(46)71-84-74-57)45-29-41-63(83-45)60-38(66(8,9)77(41)35-20-14-32(3)15-21-35)27-43(81-60)47-51(68)52(69)48(56-55(47)72-85-73-56)44-28-40-62(82-44)58-36(22-24-78-58)64(4,5)76(40)34-18-12-31(2)13-19-34/h10-29H,1-9H3. The average molecular weight is 1270 g/mol. The number of hydrogen-bond acceptors (Lipinski definition) is 15. The summed E-state index contributed by atoms with van der Waals surface area (Å²) in [6, 6.07) is 37.2. The number of benzene rings is 5. The van der Waals surface area contributed by atoms with E-state index in [4.69, 9.17) is 17.5 Å². The van der Waals surface area contributed by atoms with Crippen LogP contribution in [0.3, 0.4) is 0 Å². The van der Waals surface area contributed by atoms with Crippen LogP contribution in [0.15, 0.2) is 120 Å². The zero-order chi connectivity index (χ0) is 58.5. The van der Waals surface area contributed by atoms with Gasteiger partial charge in [-0.25, -0.2) is 17.6 Å². The molecular formula is C66H47F4N7S8. The van der Waals surface area contributed by atoms with Gasteiger partial charge in [-0.15, -0.1) is 68.0 Å². The summed E-state index contributed by atoms with van der Waals surface area (Å²) in [5.41, 5.74) is 11.6. The van der Waals surface area contributed by atoms with Crippen molar-refractivity contribution in [3.05, 3.63) is 177 Å². The number of rotatable bonds is 7. The monoisotopic (exact) mass is 1270 g/mol. The van der Waals surface area contributed by atoms with Crippen LogP contribution in [-0.4, -0.2) is 17.5 Å². The molecule has 16 rings (SSSR count). The van der Waals surface area contributed by atoms with Crippen LogP contribution in [0.2, 0.25) is 0 Å².